The van der Waals surface area contributed by atoms with Gasteiger partial charge in [0, 0.05) is 50.2 Å². The highest BCUT2D eigenvalue weighted by Crippen LogP contribution is 2.38. The number of aromatic nitrogens is 2. The van der Waals surface area contributed by atoms with Crippen LogP contribution in [0.4, 0.5) is 21.6 Å². The first kappa shape index (κ1) is 30.6. The zero-order valence-electron chi connectivity index (χ0n) is 24.4. The van der Waals surface area contributed by atoms with Crippen LogP contribution >= 0.6 is 11.6 Å². The molecule has 1 fully saturated rings. The Kier molecular flexibility index (Phi) is 9.26. The summed E-state index contributed by atoms with van der Waals surface area (Å²) in [6, 6.07) is 7.70. The first-order valence-electron chi connectivity index (χ1n) is 13.6. The first-order chi connectivity index (χ1) is 20.0. The number of carbonyl (C=O) groups is 2. The van der Waals surface area contributed by atoms with Crippen LogP contribution in [-0.4, -0.2) is 70.6 Å². The Hall–Kier alpha value is -4.31. The van der Waals surface area contributed by atoms with Gasteiger partial charge in [-0.25, -0.2) is 9.37 Å². The van der Waals surface area contributed by atoms with Crippen LogP contribution in [0.25, 0.3) is 11.3 Å². The molecule has 1 aromatic carbocycles. The van der Waals surface area contributed by atoms with Crippen molar-refractivity contribution < 1.29 is 14.0 Å². The fourth-order valence-corrected chi connectivity index (χ4v) is 5.47. The van der Waals surface area contributed by atoms with Crippen molar-refractivity contribution in [2.45, 2.75) is 39.7 Å². The van der Waals surface area contributed by atoms with E-state index in [4.69, 9.17) is 22.3 Å². The van der Waals surface area contributed by atoms with Gasteiger partial charge in [-0.05, 0) is 61.7 Å². The summed E-state index contributed by atoms with van der Waals surface area (Å²) in [6.45, 7) is 12.7. The van der Waals surface area contributed by atoms with E-state index < -0.39 is 5.82 Å². The van der Waals surface area contributed by atoms with E-state index in [1.54, 1.807) is 36.3 Å². The number of hydrogen-bond acceptors (Lipinski definition) is 6. The minimum atomic E-state index is -0.659. The molecule has 1 unspecified atom stereocenters. The normalized spacial score (nSPS) is 15.6. The summed E-state index contributed by atoms with van der Waals surface area (Å²) in [7, 11) is 1.60. The average Bonchev–Trinajstić information content (AvgIpc) is 2.96. The number of rotatable bonds is 7. The molecule has 11 heteroatoms. The Morgan fingerprint density at radius 2 is 2.02 bits per heavy atom. The predicted octanol–water partition coefficient (Wildman–Crippen LogP) is 5.34. The largest absolute Gasteiger partial charge is 0.399 e. The maximum atomic E-state index is 16.0. The smallest absolute Gasteiger partial charge is 0.246 e. The third-order valence-corrected chi connectivity index (χ3v) is 7.65. The second-order valence-electron chi connectivity index (χ2n) is 10.5. The summed E-state index contributed by atoms with van der Waals surface area (Å²) in [5, 5.41) is 0.258. The second-order valence-corrected chi connectivity index (χ2v) is 10.9. The lowest BCUT2D eigenvalue weighted by Gasteiger charge is -2.41. The second kappa shape index (κ2) is 12.7. The molecule has 2 aromatic heterocycles. The number of pyridine rings is 2. The molecule has 3 heterocycles. The SMILES string of the molecule is C=CC(=O)N1CCN(C(=NC)c2cc(F)c(-c3cc(N)ccc3Cl)nc2N(C=O)c2c(C)ccnc2C(C)C)C(C)C1. The maximum Gasteiger partial charge on any atom is 0.246 e. The molecule has 9 nitrogen and oxygen atoms in total. The fraction of sp³-hybridized carbons (Fsp3) is 0.323. The van der Waals surface area contributed by atoms with Gasteiger partial charge in [0.25, 0.3) is 0 Å². The van der Waals surface area contributed by atoms with E-state index in [0.717, 1.165) is 5.56 Å². The lowest BCUT2D eigenvalue weighted by molar-refractivity contribution is -0.128. The number of hydrogen-bond donors (Lipinski definition) is 1. The zero-order chi connectivity index (χ0) is 30.7. The van der Waals surface area contributed by atoms with Crippen molar-refractivity contribution in [3.8, 4) is 11.3 Å². The predicted molar refractivity (Wildman–Crippen MR) is 166 cm³/mol. The van der Waals surface area contributed by atoms with Gasteiger partial charge < -0.3 is 15.5 Å². The molecule has 0 saturated carbocycles. The number of amidine groups is 1. The molecule has 0 spiro atoms. The van der Waals surface area contributed by atoms with Gasteiger partial charge >= 0.3 is 0 Å². The minimum absolute atomic E-state index is 0.0242. The summed E-state index contributed by atoms with van der Waals surface area (Å²) in [5.74, 6) is -0.250. The molecule has 1 atom stereocenters. The fourth-order valence-electron chi connectivity index (χ4n) is 5.26. The minimum Gasteiger partial charge on any atom is -0.399 e. The number of benzene rings is 1. The van der Waals surface area contributed by atoms with Gasteiger partial charge in [-0.2, -0.15) is 0 Å². The standard InChI is InChI=1S/C31H35ClFN7O2/c1-7-26(42)38-12-13-39(20(5)16-38)30(35-6)23-15-25(33)28(22-14-21(34)8-9-24(22)32)37-31(23)40(17-41)29-19(4)10-11-36-27(29)18(2)3/h7-11,14-15,17-18,20H,1,12-13,16,34H2,2-6H3. The summed E-state index contributed by atoms with van der Waals surface area (Å²) < 4.78 is 16.0. The molecule has 42 heavy (non-hydrogen) atoms. The Bertz CT molecular complexity index is 1560. The average molecular weight is 592 g/mol. The van der Waals surface area contributed by atoms with Crippen molar-refractivity contribution in [1.29, 1.82) is 0 Å². The van der Waals surface area contributed by atoms with Crippen LogP contribution in [0, 0.1) is 12.7 Å². The molecule has 0 bridgehead atoms. The van der Waals surface area contributed by atoms with Crippen LogP contribution in [0.1, 0.15) is 43.5 Å². The molecule has 0 radical (unpaired) electrons. The van der Waals surface area contributed by atoms with Crippen LogP contribution in [0.2, 0.25) is 5.02 Å². The summed E-state index contributed by atoms with van der Waals surface area (Å²) >= 11 is 6.47. The number of amides is 2. The van der Waals surface area contributed by atoms with Gasteiger partial charge in [0.05, 0.1) is 22.0 Å². The Labute approximate surface area is 250 Å². The van der Waals surface area contributed by atoms with Gasteiger partial charge in [-0.3, -0.25) is 24.5 Å². The first-order valence-corrected chi connectivity index (χ1v) is 14.0. The molecule has 2 amide bonds. The molecular weight excluding hydrogens is 557 g/mol. The maximum absolute atomic E-state index is 16.0. The number of halogens is 2. The highest BCUT2D eigenvalue weighted by Gasteiger charge is 2.33. The van der Waals surface area contributed by atoms with Gasteiger partial charge in [-0.1, -0.05) is 32.0 Å². The number of carbonyl (C=O) groups excluding carboxylic acids is 2. The molecule has 0 aliphatic carbocycles. The van der Waals surface area contributed by atoms with E-state index in [9.17, 15) is 9.59 Å². The number of piperazine rings is 1. The lowest BCUT2D eigenvalue weighted by Crippen LogP contribution is -2.55. The highest BCUT2D eigenvalue weighted by molar-refractivity contribution is 6.33. The van der Waals surface area contributed by atoms with Crippen molar-refractivity contribution in [2.24, 2.45) is 4.99 Å². The molecule has 4 rings (SSSR count). The van der Waals surface area contributed by atoms with E-state index in [1.165, 1.54) is 17.0 Å². The number of anilines is 3. The Balaban J connectivity index is 1.97. The monoisotopic (exact) mass is 591 g/mol. The highest BCUT2D eigenvalue weighted by atomic mass is 35.5. The van der Waals surface area contributed by atoms with Crippen molar-refractivity contribution in [3.63, 3.8) is 0 Å². The van der Waals surface area contributed by atoms with Crippen molar-refractivity contribution in [2.75, 3.05) is 37.3 Å². The van der Waals surface area contributed by atoms with E-state index in [1.807, 2.05) is 38.7 Å². The zero-order valence-corrected chi connectivity index (χ0v) is 25.2. The molecular formula is C31H35ClFN7O2. The van der Waals surface area contributed by atoms with Gasteiger partial charge in [0.15, 0.2) is 5.82 Å². The number of aliphatic imine (C=N–C) groups is 1. The van der Waals surface area contributed by atoms with Gasteiger partial charge in [0.1, 0.15) is 17.3 Å². The third-order valence-electron chi connectivity index (χ3n) is 7.32. The van der Waals surface area contributed by atoms with E-state index in [-0.39, 0.29) is 34.4 Å². The molecule has 2 N–H and O–H groups in total. The van der Waals surface area contributed by atoms with E-state index in [0.29, 0.717) is 60.1 Å². The third kappa shape index (κ3) is 5.85. The number of nitrogen functional groups attached to an aromatic ring is 1. The van der Waals surface area contributed by atoms with Crippen LogP contribution in [0.5, 0.6) is 0 Å². The van der Waals surface area contributed by atoms with Crippen LogP contribution in [0.15, 0.2) is 54.2 Å². The quantitative estimate of drug-likeness (QED) is 0.131. The molecule has 220 valence electrons. The Morgan fingerprint density at radius 1 is 1.29 bits per heavy atom. The van der Waals surface area contributed by atoms with Gasteiger partial charge in [-0.15, -0.1) is 0 Å². The Morgan fingerprint density at radius 3 is 2.64 bits per heavy atom. The molecule has 1 aliphatic rings. The lowest BCUT2D eigenvalue weighted by atomic mass is 10.0. The van der Waals surface area contributed by atoms with E-state index >= 15 is 4.39 Å². The molecule has 3 aromatic rings. The summed E-state index contributed by atoms with van der Waals surface area (Å²) in [6.07, 6.45) is 3.64. The number of aryl methyl sites for hydroxylation is 1. The van der Waals surface area contributed by atoms with Gasteiger partial charge in [0.2, 0.25) is 12.3 Å². The topological polar surface area (TPSA) is 108 Å². The molecule has 1 saturated heterocycles. The number of nitrogens with two attached hydrogens (primary N) is 1. The van der Waals surface area contributed by atoms with Crippen LogP contribution in [0.3, 0.4) is 0 Å². The molecule has 1 aliphatic heterocycles. The summed E-state index contributed by atoms with van der Waals surface area (Å²) in [5.41, 5.74) is 8.96. The van der Waals surface area contributed by atoms with E-state index in [2.05, 4.69) is 16.6 Å². The van der Waals surface area contributed by atoms with Crippen LogP contribution < -0.4 is 10.6 Å². The number of nitrogens with zero attached hydrogens (tertiary/aromatic N) is 6. The summed E-state index contributed by atoms with van der Waals surface area (Å²) in [4.78, 5) is 44.2. The van der Waals surface area contributed by atoms with Crippen molar-refractivity contribution in [3.05, 3.63) is 76.8 Å². The van der Waals surface area contributed by atoms with Crippen molar-refractivity contribution in [1.82, 2.24) is 19.8 Å². The van der Waals surface area contributed by atoms with Crippen molar-refractivity contribution >= 4 is 46.9 Å². The van der Waals surface area contributed by atoms with Crippen LogP contribution in [-0.2, 0) is 9.59 Å².